The topological polar surface area (TPSA) is 38.1 Å². The fourth-order valence-electron chi connectivity index (χ4n) is 1.59. The van der Waals surface area contributed by atoms with Crippen molar-refractivity contribution in [1.29, 1.82) is 0 Å². The van der Waals surface area contributed by atoms with Gasteiger partial charge in [0.25, 0.3) is 0 Å². The molecule has 6 heteroatoms. The molecule has 0 aliphatic heterocycles. The lowest BCUT2D eigenvalue weighted by molar-refractivity contribution is 0.392. The van der Waals surface area contributed by atoms with E-state index < -0.39 is 5.82 Å². The van der Waals surface area contributed by atoms with Gasteiger partial charge in [-0.05, 0) is 32.9 Å². The molecule has 1 heterocycles. The Morgan fingerprint density at radius 1 is 1.20 bits per heavy atom. The molecule has 3 nitrogen and oxygen atoms in total. The molecule has 0 aliphatic carbocycles. The van der Waals surface area contributed by atoms with Crippen LogP contribution in [-0.2, 0) is 6.54 Å². The average Bonchev–Trinajstić information content (AvgIpc) is 2.79. The van der Waals surface area contributed by atoms with Crippen LogP contribution in [0.4, 0.5) is 4.39 Å². The molecular weight excluding hydrogens is 302 g/mol. The molecule has 0 atom stereocenters. The number of halogens is 3. The van der Waals surface area contributed by atoms with Crippen LogP contribution in [0.5, 0.6) is 0 Å². The second-order valence-electron chi connectivity index (χ2n) is 5.53. The van der Waals surface area contributed by atoms with Gasteiger partial charge in [0.15, 0.2) is 5.76 Å². The summed E-state index contributed by atoms with van der Waals surface area (Å²) in [6.07, 6.45) is 0. The fourth-order valence-corrected chi connectivity index (χ4v) is 2.07. The Hall–Kier alpha value is -1.10. The second kappa shape index (κ2) is 5.72. The van der Waals surface area contributed by atoms with E-state index in [1.54, 1.807) is 6.07 Å². The van der Waals surface area contributed by atoms with E-state index in [0.717, 1.165) is 5.69 Å². The highest BCUT2D eigenvalue weighted by Gasteiger charge is 2.15. The number of hydrogen-bond acceptors (Lipinski definition) is 3. The van der Waals surface area contributed by atoms with Crippen molar-refractivity contribution in [2.75, 3.05) is 0 Å². The van der Waals surface area contributed by atoms with Crippen molar-refractivity contribution in [2.24, 2.45) is 0 Å². The summed E-state index contributed by atoms with van der Waals surface area (Å²) in [5.41, 5.74) is 1.13. The van der Waals surface area contributed by atoms with Crippen LogP contribution in [0.2, 0.25) is 10.0 Å². The van der Waals surface area contributed by atoms with Crippen molar-refractivity contribution in [2.45, 2.75) is 32.9 Å². The molecule has 0 spiro atoms. The molecule has 0 saturated heterocycles. The average molecular weight is 317 g/mol. The standard InChI is InChI=1S/C14H15Cl2FN2O/c1-14(2,3)18-7-8-4-13(20-19-8)9-5-12(17)11(16)6-10(9)15/h4-6,18H,7H2,1-3H3. The highest BCUT2D eigenvalue weighted by molar-refractivity contribution is 6.36. The highest BCUT2D eigenvalue weighted by atomic mass is 35.5. The van der Waals surface area contributed by atoms with Crippen LogP contribution in [0.25, 0.3) is 11.3 Å². The molecule has 2 aromatic rings. The predicted octanol–water partition coefficient (Wildman–Crippen LogP) is 4.68. The van der Waals surface area contributed by atoms with Gasteiger partial charge in [-0.2, -0.15) is 0 Å². The van der Waals surface area contributed by atoms with Gasteiger partial charge in [0.1, 0.15) is 5.82 Å². The summed E-state index contributed by atoms with van der Waals surface area (Å²) in [7, 11) is 0. The van der Waals surface area contributed by atoms with Gasteiger partial charge in [-0.15, -0.1) is 0 Å². The van der Waals surface area contributed by atoms with Crippen molar-refractivity contribution in [1.82, 2.24) is 10.5 Å². The lowest BCUT2D eigenvalue weighted by atomic mass is 10.1. The van der Waals surface area contributed by atoms with Crippen LogP contribution < -0.4 is 5.32 Å². The van der Waals surface area contributed by atoms with Gasteiger partial charge in [-0.1, -0.05) is 28.4 Å². The third kappa shape index (κ3) is 3.72. The molecule has 0 amide bonds. The third-order valence-corrected chi connectivity index (χ3v) is 3.24. The zero-order chi connectivity index (χ0) is 14.9. The zero-order valence-corrected chi connectivity index (χ0v) is 12.9. The van der Waals surface area contributed by atoms with Gasteiger partial charge in [-0.3, -0.25) is 0 Å². The SMILES string of the molecule is CC(C)(C)NCc1cc(-c2cc(F)c(Cl)cc2Cl)on1. The summed E-state index contributed by atoms with van der Waals surface area (Å²) in [5, 5.41) is 7.53. The number of hydrogen-bond donors (Lipinski definition) is 1. The third-order valence-electron chi connectivity index (χ3n) is 2.63. The maximum atomic E-state index is 13.5. The molecule has 0 bridgehead atoms. The van der Waals surface area contributed by atoms with E-state index in [2.05, 4.69) is 31.2 Å². The molecule has 0 fully saturated rings. The van der Waals surface area contributed by atoms with Crippen LogP contribution in [0.15, 0.2) is 22.7 Å². The van der Waals surface area contributed by atoms with E-state index in [9.17, 15) is 4.39 Å². The maximum Gasteiger partial charge on any atom is 0.168 e. The monoisotopic (exact) mass is 316 g/mol. The number of aromatic nitrogens is 1. The van der Waals surface area contributed by atoms with E-state index in [4.69, 9.17) is 27.7 Å². The predicted molar refractivity (Wildman–Crippen MR) is 78.5 cm³/mol. The van der Waals surface area contributed by atoms with E-state index in [-0.39, 0.29) is 10.6 Å². The lowest BCUT2D eigenvalue weighted by Gasteiger charge is -2.19. The van der Waals surface area contributed by atoms with Gasteiger partial charge in [0.2, 0.25) is 0 Å². The summed E-state index contributed by atoms with van der Waals surface area (Å²) in [6, 6.07) is 4.32. The first-order valence-electron chi connectivity index (χ1n) is 6.12. The van der Waals surface area contributed by atoms with Crippen LogP contribution in [0, 0.1) is 5.82 Å². The Balaban J connectivity index is 2.23. The zero-order valence-electron chi connectivity index (χ0n) is 11.4. The molecular formula is C14H15Cl2FN2O. The molecule has 0 radical (unpaired) electrons. The molecule has 1 aromatic heterocycles. The summed E-state index contributed by atoms with van der Waals surface area (Å²) < 4.78 is 18.7. The van der Waals surface area contributed by atoms with Crippen molar-refractivity contribution < 1.29 is 8.91 Å². The minimum absolute atomic E-state index is 0.0205. The Labute approximate surface area is 127 Å². The smallest absolute Gasteiger partial charge is 0.168 e. The second-order valence-corrected chi connectivity index (χ2v) is 6.35. The summed E-state index contributed by atoms with van der Waals surface area (Å²) in [4.78, 5) is 0. The normalized spacial score (nSPS) is 11.9. The number of nitrogens with zero attached hydrogens (tertiary/aromatic N) is 1. The van der Waals surface area contributed by atoms with Crippen molar-refractivity contribution in [3.05, 3.63) is 39.8 Å². The fraction of sp³-hybridized carbons (Fsp3) is 0.357. The van der Waals surface area contributed by atoms with Crippen LogP contribution in [-0.4, -0.2) is 10.7 Å². The first-order chi connectivity index (χ1) is 9.26. The van der Waals surface area contributed by atoms with E-state index in [1.807, 2.05) is 0 Å². The summed E-state index contributed by atoms with van der Waals surface area (Å²) in [5.74, 6) is -0.131. The molecule has 20 heavy (non-hydrogen) atoms. The van der Waals surface area contributed by atoms with Crippen LogP contribution in [0.3, 0.4) is 0 Å². The Morgan fingerprint density at radius 2 is 1.90 bits per heavy atom. The van der Waals surface area contributed by atoms with Crippen molar-refractivity contribution >= 4 is 23.2 Å². The van der Waals surface area contributed by atoms with Gasteiger partial charge in [-0.25, -0.2) is 4.39 Å². The summed E-state index contributed by atoms with van der Waals surface area (Å²) in [6.45, 7) is 6.72. The first kappa shape index (κ1) is 15.3. The number of nitrogens with one attached hydrogen (secondary N) is 1. The van der Waals surface area contributed by atoms with Crippen LogP contribution in [0.1, 0.15) is 26.5 Å². The van der Waals surface area contributed by atoms with Gasteiger partial charge >= 0.3 is 0 Å². The van der Waals surface area contributed by atoms with E-state index in [1.165, 1.54) is 12.1 Å². The molecule has 1 N–H and O–H groups in total. The quantitative estimate of drug-likeness (QED) is 0.836. The Bertz CT molecular complexity index is 620. The highest BCUT2D eigenvalue weighted by Crippen LogP contribution is 2.32. The summed E-state index contributed by atoms with van der Waals surface area (Å²) >= 11 is 11.7. The van der Waals surface area contributed by atoms with Gasteiger partial charge in [0, 0.05) is 23.7 Å². The lowest BCUT2D eigenvalue weighted by Crippen LogP contribution is -2.35. The molecule has 1 aromatic carbocycles. The largest absolute Gasteiger partial charge is 0.356 e. The van der Waals surface area contributed by atoms with E-state index in [0.29, 0.717) is 22.9 Å². The first-order valence-corrected chi connectivity index (χ1v) is 6.87. The van der Waals surface area contributed by atoms with Gasteiger partial charge < -0.3 is 9.84 Å². The number of benzene rings is 1. The minimum atomic E-state index is -0.545. The van der Waals surface area contributed by atoms with Gasteiger partial charge in [0.05, 0.1) is 15.7 Å². The molecule has 2 rings (SSSR count). The molecule has 0 aliphatic rings. The molecule has 0 unspecified atom stereocenters. The molecule has 0 saturated carbocycles. The van der Waals surface area contributed by atoms with Crippen LogP contribution >= 0.6 is 23.2 Å². The Kier molecular flexibility index (Phi) is 4.37. The Morgan fingerprint density at radius 3 is 2.55 bits per heavy atom. The maximum absolute atomic E-state index is 13.5. The number of rotatable bonds is 3. The van der Waals surface area contributed by atoms with Crippen molar-refractivity contribution in [3.8, 4) is 11.3 Å². The van der Waals surface area contributed by atoms with E-state index >= 15 is 0 Å². The van der Waals surface area contributed by atoms with Crippen molar-refractivity contribution in [3.63, 3.8) is 0 Å². The minimum Gasteiger partial charge on any atom is -0.356 e. The molecule has 108 valence electrons.